The lowest BCUT2D eigenvalue weighted by atomic mass is 9.95. The van der Waals surface area contributed by atoms with Gasteiger partial charge in [0, 0.05) is 6.20 Å². The molecule has 1 fully saturated rings. The average Bonchev–Trinajstić information content (AvgIpc) is 1.97. The fourth-order valence-electron chi connectivity index (χ4n) is 1.39. The van der Waals surface area contributed by atoms with Gasteiger partial charge >= 0.3 is 0 Å². The Bertz CT molecular complexity index is 271. The number of pyridine rings is 1. The van der Waals surface area contributed by atoms with Crippen molar-refractivity contribution in [1.29, 1.82) is 0 Å². The zero-order valence-corrected chi connectivity index (χ0v) is 6.76. The summed E-state index contributed by atoms with van der Waals surface area (Å²) in [6.07, 6.45) is 3.92. The smallest absolute Gasteiger partial charge is 0.141 e. The van der Waals surface area contributed by atoms with Crippen molar-refractivity contribution in [1.82, 2.24) is 10.3 Å². The summed E-state index contributed by atoms with van der Waals surface area (Å²) in [5.41, 5.74) is 1.00. The van der Waals surface area contributed by atoms with E-state index in [0.717, 1.165) is 25.1 Å². The van der Waals surface area contributed by atoms with Crippen LogP contribution in [0.15, 0.2) is 18.5 Å². The number of hydrogen-bond donors (Lipinski definition) is 1. The summed E-state index contributed by atoms with van der Waals surface area (Å²) in [6, 6.07) is 1.56. The largest absolute Gasteiger partial charge is 0.316 e. The van der Waals surface area contributed by atoms with Crippen LogP contribution in [0.3, 0.4) is 0 Å². The van der Waals surface area contributed by atoms with E-state index >= 15 is 0 Å². The average molecular weight is 166 g/mol. The second-order valence-electron chi connectivity index (χ2n) is 3.24. The molecule has 0 saturated carbocycles. The van der Waals surface area contributed by atoms with Gasteiger partial charge in [0.15, 0.2) is 0 Å². The molecule has 1 aliphatic rings. The SMILES string of the molecule is Fc1cncc(CC2CNC2)c1. The molecule has 0 aliphatic carbocycles. The molecule has 2 rings (SSSR count). The quantitative estimate of drug-likeness (QED) is 0.708. The number of hydrogen-bond acceptors (Lipinski definition) is 2. The van der Waals surface area contributed by atoms with Gasteiger partial charge in [0.1, 0.15) is 5.82 Å². The third-order valence-corrected chi connectivity index (χ3v) is 2.15. The fourth-order valence-corrected chi connectivity index (χ4v) is 1.39. The van der Waals surface area contributed by atoms with Gasteiger partial charge in [-0.1, -0.05) is 0 Å². The molecule has 1 aromatic rings. The van der Waals surface area contributed by atoms with Crippen LogP contribution in [0, 0.1) is 11.7 Å². The van der Waals surface area contributed by atoms with E-state index in [2.05, 4.69) is 10.3 Å². The molecule has 0 spiro atoms. The minimum absolute atomic E-state index is 0.236. The Morgan fingerprint density at radius 1 is 1.50 bits per heavy atom. The van der Waals surface area contributed by atoms with Gasteiger partial charge in [-0.15, -0.1) is 0 Å². The van der Waals surface area contributed by atoms with Crippen LogP contribution < -0.4 is 5.32 Å². The van der Waals surface area contributed by atoms with Crippen molar-refractivity contribution < 1.29 is 4.39 Å². The van der Waals surface area contributed by atoms with E-state index in [1.807, 2.05) is 0 Å². The first kappa shape index (κ1) is 7.68. The Kier molecular flexibility index (Phi) is 2.04. The monoisotopic (exact) mass is 166 g/mol. The van der Waals surface area contributed by atoms with Gasteiger partial charge in [0.25, 0.3) is 0 Å². The van der Waals surface area contributed by atoms with Crippen LogP contribution in [-0.2, 0) is 6.42 Å². The van der Waals surface area contributed by atoms with Crippen molar-refractivity contribution in [3.05, 3.63) is 29.8 Å². The third kappa shape index (κ3) is 1.61. The minimum atomic E-state index is -0.236. The molecule has 3 heteroatoms. The van der Waals surface area contributed by atoms with E-state index in [4.69, 9.17) is 0 Å². The van der Waals surface area contributed by atoms with Crippen molar-refractivity contribution in [2.24, 2.45) is 5.92 Å². The number of halogens is 1. The zero-order chi connectivity index (χ0) is 8.39. The second kappa shape index (κ2) is 3.19. The van der Waals surface area contributed by atoms with E-state index in [0.29, 0.717) is 5.92 Å². The molecule has 2 nitrogen and oxygen atoms in total. The molecule has 1 aliphatic heterocycles. The van der Waals surface area contributed by atoms with E-state index in [-0.39, 0.29) is 5.82 Å². The van der Waals surface area contributed by atoms with Gasteiger partial charge in [-0.05, 0) is 37.1 Å². The normalized spacial score (nSPS) is 17.4. The summed E-state index contributed by atoms with van der Waals surface area (Å²) in [5, 5.41) is 3.18. The van der Waals surface area contributed by atoms with Gasteiger partial charge in [-0.3, -0.25) is 4.98 Å². The Morgan fingerprint density at radius 3 is 2.92 bits per heavy atom. The lowest BCUT2D eigenvalue weighted by Gasteiger charge is -2.26. The van der Waals surface area contributed by atoms with Crippen LogP contribution in [0.5, 0.6) is 0 Å². The molecule has 0 bridgehead atoms. The molecule has 1 N–H and O–H groups in total. The highest BCUT2D eigenvalue weighted by Crippen LogP contribution is 2.12. The molecule has 0 unspecified atom stereocenters. The summed E-state index contributed by atoms with van der Waals surface area (Å²) in [4.78, 5) is 3.80. The maximum atomic E-state index is 12.7. The topological polar surface area (TPSA) is 24.9 Å². The predicted molar refractivity (Wildman–Crippen MR) is 44.3 cm³/mol. The number of aromatic nitrogens is 1. The molecule has 0 aromatic carbocycles. The highest BCUT2D eigenvalue weighted by molar-refractivity contribution is 5.11. The highest BCUT2D eigenvalue weighted by Gasteiger charge is 2.16. The summed E-state index contributed by atoms with van der Waals surface area (Å²) >= 11 is 0. The maximum Gasteiger partial charge on any atom is 0.141 e. The first-order valence-electron chi connectivity index (χ1n) is 4.15. The maximum absolute atomic E-state index is 12.7. The summed E-state index contributed by atoms with van der Waals surface area (Å²) < 4.78 is 12.7. The Morgan fingerprint density at radius 2 is 2.33 bits per heavy atom. The summed E-state index contributed by atoms with van der Waals surface area (Å²) in [5.74, 6) is 0.438. The lowest BCUT2D eigenvalue weighted by molar-refractivity contribution is 0.346. The molecule has 64 valence electrons. The molecule has 0 amide bonds. The first-order valence-corrected chi connectivity index (χ1v) is 4.15. The minimum Gasteiger partial charge on any atom is -0.316 e. The van der Waals surface area contributed by atoms with Crippen molar-refractivity contribution in [2.45, 2.75) is 6.42 Å². The summed E-state index contributed by atoms with van der Waals surface area (Å²) in [6.45, 7) is 2.10. The zero-order valence-electron chi connectivity index (χ0n) is 6.76. The Hall–Kier alpha value is -0.960. The van der Waals surface area contributed by atoms with E-state index in [1.54, 1.807) is 12.3 Å². The second-order valence-corrected chi connectivity index (χ2v) is 3.24. The van der Waals surface area contributed by atoms with Crippen LogP contribution in [0.4, 0.5) is 4.39 Å². The van der Waals surface area contributed by atoms with Crippen LogP contribution in [0.2, 0.25) is 0 Å². The van der Waals surface area contributed by atoms with Gasteiger partial charge < -0.3 is 5.32 Å². The number of nitrogens with one attached hydrogen (secondary N) is 1. The molecule has 1 saturated heterocycles. The van der Waals surface area contributed by atoms with Crippen molar-refractivity contribution in [3.8, 4) is 0 Å². The molecule has 12 heavy (non-hydrogen) atoms. The van der Waals surface area contributed by atoms with Crippen LogP contribution in [0.25, 0.3) is 0 Å². The van der Waals surface area contributed by atoms with Gasteiger partial charge in [-0.25, -0.2) is 4.39 Å². The van der Waals surface area contributed by atoms with Crippen molar-refractivity contribution in [2.75, 3.05) is 13.1 Å². The predicted octanol–water partition coefficient (Wildman–Crippen LogP) is 0.983. The van der Waals surface area contributed by atoms with E-state index in [1.165, 1.54) is 6.20 Å². The lowest BCUT2D eigenvalue weighted by Crippen LogP contribution is -2.43. The van der Waals surface area contributed by atoms with E-state index < -0.39 is 0 Å². The van der Waals surface area contributed by atoms with Crippen molar-refractivity contribution >= 4 is 0 Å². The summed E-state index contributed by atoms with van der Waals surface area (Å²) in [7, 11) is 0. The Labute approximate surface area is 70.8 Å². The molecule has 0 atom stereocenters. The molecular weight excluding hydrogens is 155 g/mol. The van der Waals surface area contributed by atoms with Crippen molar-refractivity contribution in [3.63, 3.8) is 0 Å². The molecule has 0 radical (unpaired) electrons. The van der Waals surface area contributed by atoms with Gasteiger partial charge in [0.05, 0.1) is 6.20 Å². The van der Waals surface area contributed by atoms with Crippen LogP contribution in [0.1, 0.15) is 5.56 Å². The first-order chi connectivity index (χ1) is 5.84. The van der Waals surface area contributed by atoms with Gasteiger partial charge in [-0.2, -0.15) is 0 Å². The van der Waals surface area contributed by atoms with Gasteiger partial charge in [0.2, 0.25) is 0 Å². The van der Waals surface area contributed by atoms with Crippen LogP contribution in [-0.4, -0.2) is 18.1 Å². The molecular formula is C9H11FN2. The Balaban J connectivity index is 2.02. The van der Waals surface area contributed by atoms with Crippen LogP contribution >= 0.6 is 0 Å². The number of rotatable bonds is 2. The number of nitrogens with zero attached hydrogens (tertiary/aromatic N) is 1. The third-order valence-electron chi connectivity index (χ3n) is 2.15. The standard InChI is InChI=1S/C9H11FN2/c10-9-2-7(3-12-6-9)1-8-4-11-5-8/h2-3,6,8,11H,1,4-5H2. The fraction of sp³-hybridized carbons (Fsp3) is 0.444. The highest BCUT2D eigenvalue weighted by atomic mass is 19.1. The molecule has 2 heterocycles. The van der Waals surface area contributed by atoms with E-state index in [9.17, 15) is 4.39 Å². The molecule has 1 aromatic heterocycles.